The Morgan fingerprint density at radius 3 is 2.23 bits per heavy atom. The summed E-state index contributed by atoms with van der Waals surface area (Å²) in [6.07, 6.45) is 1.73. The number of carbonyl (C=O) groups excluding carboxylic acids is 2. The number of carbonyl (C=O) groups is 1. The first kappa shape index (κ1) is 9.36. The molecular weight excluding hydrogens is 166 g/mol. The molecule has 0 aliphatic heterocycles. The fourth-order valence-corrected chi connectivity index (χ4v) is 0.972. The first-order chi connectivity index (χ1) is 6.15. The van der Waals surface area contributed by atoms with Crippen LogP contribution in [0.2, 0.25) is 0 Å². The topological polar surface area (TPSA) is 37.1 Å². The van der Waals surface area contributed by atoms with Crippen LogP contribution < -0.4 is 0 Å². The lowest BCUT2D eigenvalue weighted by Gasteiger charge is -1.94. The second kappa shape index (κ2) is 3.78. The minimum absolute atomic E-state index is 0.0179. The summed E-state index contributed by atoms with van der Waals surface area (Å²) < 4.78 is 1.32. The van der Waals surface area contributed by atoms with Gasteiger partial charge in [0.25, 0.3) is 0 Å². The molecule has 0 amide bonds. The van der Waals surface area contributed by atoms with Crippen LogP contribution in [0.1, 0.15) is 17.3 Å². The Hall–Kier alpha value is -1.73. The highest BCUT2D eigenvalue weighted by Crippen LogP contribution is 2.11. The van der Waals surface area contributed by atoms with E-state index in [2.05, 4.69) is 0 Å². The summed E-state index contributed by atoms with van der Waals surface area (Å²) in [4.78, 5) is 21.2. The average Bonchev–Trinajstić information content (AvgIpc) is 2.17. The minimum Gasteiger partial charge on any atom is -0.295 e. The van der Waals surface area contributed by atoms with Crippen molar-refractivity contribution in [2.24, 2.45) is 0 Å². The highest BCUT2D eigenvalue weighted by atomic mass is 16.1. The molecular formula is C10H10NO2+. The molecule has 0 heterocycles. The van der Waals surface area contributed by atoms with Crippen LogP contribution in [0.25, 0.3) is 0 Å². The van der Waals surface area contributed by atoms with E-state index in [1.165, 1.54) is 11.5 Å². The maximum absolute atomic E-state index is 10.9. The molecule has 0 bridgehead atoms. The third-order valence-electron chi connectivity index (χ3n) is 1.80. The van der Waals surface area contributed by atoms with E-state index in [9.17, 15) is 9.59 Å². The summed E-state index contributed by atoms with van der Waals surface area (Å²) in [7, 11) is 1.61. The fraction of sp³-hybridized carbons (Fsp3) is 0.200. The second-order valence-electron chi connectivity index (χ2n) is 2.75. The van der Waals surface area contributed by atoms with E-state index in [1.54, 1.807) is 37.4 Å². The van der Waals surface area contributed by atoms with Crippen molar-refractivity contribution < 1.29 is 14.2 Å². The number of ketones is 1. The molecule has 13 heavy (non-hydrogen) atoms. The summed E-state index contributed by atoms with van der Waals surface area (Å²) in [5.41, 5.74) is 1.36. The third-order valence-corrected chi connectivity index (χ3v) is 1.80. The van der Waals surface area contributed by atoms with Crippen molar-refractivity contribution in [2.75, 3.05) is 7.05 Å². The molecule has 66 valence electrons. The minimum atomic E-state index is 0.0179. The van der Waals surface area contributed by atoms with Gasteiger partial charge in [-0.3, -0.25) is 4.79 Å². The number of Topliss-reactive ketones (excluding diaryl/α,β-unsaturated/α-hetero) is 1. The lowest BCUT2D eigenvalue weighted by atomic mass is 10.1. The zero-order valence-electron chi connectivity index (χ0n) is 7.57. The summed E-state index contributed by atoms with van der Waals surface area (Å²) in [6.45, 7) is 1.50. The average molecular weight is 176 g/mol. The Labute approximate surface area is 76.3 Å². The zero-order chi connectivity index (χ0) is 9.84. The lowest BCUT2D eigenvalue weighted by Crippen LogP contribution is -1.96. The summed E-state index contributed by atoms with van der Waals surface area (Å²) in [5, 5.41) is 0. The van der Waals surface area contributed by atoms with Crippen molar-refractivity contribution in [1.29, 1.82) is 0 Å². The monoisotopic (exact) mass is 176 g/mol. The number of nitrogens with zero attached hydrogens (tertiary/aromatic N) is 1. The second-order valence-corrected chi connectivity index (χ2v) is 2.75. The van der Waals surface area contributed by atoms with Crippen molar-refractivity contribution in [3.05, 3.63) is 29.8 Å². The van der Waals surface area contributed by atoms with Crippen LogP contribution in [0.15, 0.2) is 24.3 Å². The fourth-order valence-electron chi connectivity index (χ4n) is 0.972. The normalized spacial score (nSPS) is 9.08. The first-order valence-corrected chi connectivity index (χ1v) is 3.87. The molecule has 0 aromatic heterocycles. The van der Waals surface area contributed by atoms with Crippen LogP contribution in [0.4, 0.5) is 5.69 Å². The van der Waals surface area contributed by atoms with Gasteiger partial charge in [-0.15, -0.1) is 4.58 Å². The maximum Gasteiger partial charge on any atom is 0.430 e. The SMILES string of the molecule is CC(=O)c1ccc([N+](C)=C=O)cc1. The molecule has 3 heteroatoms. The van der Waals surface area contributed by atoms with E-state index >= 15 is 0 Å². The summed E-state index contributed by atoms with van der Waals surface area (Å²) >= 11 is 0. The molecule has 0 radical (unpaired) electrons. The Bertz CT molecular complexity index is 372. The molecule has 0 saturated carbocycles. The van der Waals surface area contributed by atoms with Crippen molar-refractivity contribution in [3.63, 3.8) is 0 Å². The van der Waals surface area contributed by atoms with Gasteiger partial charge in [-0.05, 0) is 19.1 Å². The van der Waals surface area contributed by atoms with Crippen molar-refractivity contribution in [1.82, 2.24) is 0 Å². The van der Waals surface area contributed by atoms with Gasteiger partial charge in [0.15, 0.2) is 12.8 Å². The van der Waals surface area contributed by atoms with Crippen LogP contribution in [-0.4, -0.2) is 23.5 Å². The molecule has 0 atom stereocenters. The maximum atomic E-state index is 10.9. The predicted octanol–water partition coefficient (Wildman–Crippen LogP) is 1.50. The van der Waals surface area contributed by atoms with E-state index in [-0.39, 0.29) is 5.78 Å². The number of isocyanates is 1. The van der Waals surface area contributed by atoms with E-state index in [1.807, 2.05) is 0 Å². The van der Waals surface area contributed by atoms with Gasteiger partial charge in [0.1, 0.15) is 0 Å². The molecule has 0 aliphatic rings. The summed E-state index contributed by atoms with van der Waals surface area (Å²) in [6, 6.07) is 6.79. The standard InChI is InChI=1S/C10H10NO2/c1-8(13)9-3-5-10(6-4-9)11(2)7-12/h3-6H,1-2H3/q+1. The molecule has 0 saturated heterocycles. The van der Waals surface area contributed by atoms with Crippen molar-refractivity contribution in [2.45, 2.75) is 6.92 Å². The Morgan fingerprint density at radius 1 is 1.31 bits per heavy atom. The molecule has 1 aromatic rings. The smallest absolute Gasteiger partial charge is 0.295 e. The van der Waals surface area contributed by atoms with Crippen molar-refractivity contribution in [3.8, 4) is 0 Å². The predicted molar refractivity (Wildman–Crippen MR) is 48.0 cm³/mol. The van der Waals surface area contributed by atoms with Gasteiger partial charge in [-0.25, -0.2) is 0 Å². The van der Waals surface area contributed by atoms with E-state index in [0.29, 0.717) is 5.56 Å². The first-order valence-electron chi connectivity index (χ1n) is 3.87. The molecule has 0 N–H and O–H groups in total. The van der Waals surface area contributed by atoms with Crippen LogP contribution >= 0.6 is 0 Å². The van der Waals surface area contributed by atoms with Crippen LogP contribution in [0.5, 0.6) is 0 Å². The van der Waals surface area contributed by atoms with Gasteiger partial charge in [0.2, 0.25) is 5.69 Å². The van der Waals surface area contributed by atoms with Gasteiger partial charge in [-0.1, -0.05) is 0 Å². The Morgan fingerprint density at radius 2 is 1.85 bits per heavy atom. The molecule has 1 aromatic carbocycles. The molecule has 1 rings (SSSR count). The molecule has 0 spiro atoms. The highest BCUT2D eigenvalue weighted by Gasteiger charge is 2.04. The number of hydrogen-bond donors (Lipinski definition) is 0. The zero-order valence-corrected chi connectivity index (χ0v) is 7.57. The number of benzene rings is 1. The van der Waals surface area contributed by atoms with Crippen molar-refractivity contribution >= 4 is 17.6 Å². The quantitative estimate of drug-likeness (QED) is 0.296. The third kappa shape index (κ3) is 2.10. The van der Waals surface area contributed by atoms with Gasteiger partial charge < -0.3 is 0 Å². The van der Waals surface area contributed by atoms with E-state index in [4.69, 9.17) is 0 Å². The van der Waals surface area contributed by atoms with Crippen LogP contribution in [-0.2, 0) is 4.79 Å². The molecule has 3 nitrogen and oxygen atoms in total. The summed E-state index contributed by atoms with van der Waals surface area (Å²) in [5.74, 6) is 0.0179. The number of rotatable bonds is 2. The number of hydrogen-bond acceptors (Lipinski definition) is 2. The lowest BCUT2D eigenvalue weighted by molar-refractivity contribution is -0.401. The van der Waals surface area contributed by atoms with Gasteiger partial charge in [0.05, 0.1) is 0 Å². The van der Waals surface area contributed by atoms with E-state index in [0.717, 1.165) is 5.69 Å². The van der Waals surface area contributed by atoms with Crippen LogP contribution in [0.3, 0.4) is 0 Å². The van der Waals surface area contributed by atoms with Gasteiger partial charge in [0, 0.05) is 17.7 Å². The molecule has 0 unspecified atom stereocenters. The van der Waals surface area contributed by atoms with Crippen LogP contribution in [0, 0.1) is 0 Å². The molecule has 0 aliphatic carbocycles. The van der Waals surface area contributed by atoms with Gasteiger partial charge in [-0.2, -0.15) is 4.79 Å². The molecule has 0 fully saturated rings. The largest absolute Gasteiger partial charge is 0.430 e. The van der Waals surface area contributed by atoms with Gasteiger partial charge >= 0.3 is 6.08 Å². The van der Waals surface area contributed by atoms with E-state index < -0.39 is 0 Å². The Kier molecular flexibility index (Phi) is 2.72. The Balaban J connectivity index is 3.07. The highest BCUT2D eigenvalue weighted by molar-refractivity contribution is 5.94.